The van der Waals surface area contributed by atoms with Crippen LogP contribution in [0.3, 0.4) is 0 Å². The van der Waals surface area contributed by atoms with Gasteiger partial charge in [-0.05, 0) is 18.9 Å². The summed E-state index contributed by atoms with van der Waals surface area (Å²) in [6.07, 6.45) is 1.99. The van der Waals surface area contributed by atoms with Crippen molar-refractivity contribution in [3.05, 3.63) is 35.6 Å². The van der Waals surface area contributed by atoms with Crippen molar-refractivity contribution in [3.8, 4) is 0 Å². The van der Waals surface area contributed by atoms with Gasteiger partial charge in [0, 0.05) is 31.1 Å². The van der Waals surface area contributed by atoms with Crippen molar-refractivity contribution in [3.63, 3.8) is 0 Å². The van der Waals surface area contributed by atoms with Crippen LogP contribution in [-0.2, 0) is 11.3 Å². The number of benzene rings is 1. The summed E-state index contributed by atoms with van der Waals surface area (Å²) in [5.41, 5.74) is 6.40. The highest BCUT2D eigenvalue weighted by molar-refractivity contribution is 5.76. The highest BCUT2D eigenvalue weighted by Gasteiger charge is 2.21. The molecule has 0 aromatic heterocycles. The minimum atomic E-state index is -0.256. The number of nitrogens with zero attached hydrogens (tertiary/aromatic N) is 1. The molecule has 1 aliphatic heterocycles. The van der Waals surface area contributed by atoms with E-state index in [0.717, 1.165) is 12.8 Å². The Labute approximate surface area is 100 Å². The number of rotatable bonds is 2. The number of halogens is 1. The molecule has 0 aliphatic carbocycles. The third kappa shape index (κ3) is 3.03. The fraction of sp³-hybridized carbons (Fsp3) is 0.462. The maximum atomic E-state index is 13.5. The summed E-state index contributed by atoms with van der Waals surface area (Å²) in [4.78, 5) is 13.5. The van der Waals surface area contributed by atoms with Crippen LogP contribution < -0.4 is 5.73 Å². The Morgan fingerprint density at radius 2 is 2.12 bits per heavy atom. The molecule has 1 amide bonds. The lowest BCUT2D eigenvalue weighted by Crippen LogP contribution is -2.30. The predicted molar refractivity (Wildman–Crippen MR) is 63.6 cm³/mol. The van der Waals surface area contributed by atoms with Gasteiger partial charge in [0.2, 0.25) is 5.91 Å². The van der Waals surface area contributed by atoms with Crippen LogP contribution in [0.1, 0.15) is 24.8 Å². The Bertz CT molecular complexity index is 408. The normalized spacial score (nSPS) is 21.4. The van der Waals surface area contributed by atoms with Crippen molar-refractivity contribution in [2.75, 3.05) is 6.54 Å². The van der Waals surface area contributed by atoms with Gasteiger partial charge < -0.3 is 10.6 Å². The number of hydrogen-bond donors (Lipinski definition) is 1. The zero-order valence-corrected chi connectivity index (χ0v) is 9.73. The van der Waals surface area contributed by atoms with E-state index in [1.807, 2.05) is 0 Å². The van der Waals surface area contributed by atoms with Crippen molar-refractivity contribution in [2.24, 2.45) is 5.73 Å². The van der Waals surface area contributed by atoms with Crippen molar-refractivity contribution >= 4 is 5.91 Å². The van der Waals surface area contributed by atoms with Crippen LogP contribution in [0.4, 0.5) is 4.39 Å². The Hall–Kier alpha value is -1.42. The summed E-state index contributed by atoms with van der Waals surface area (Å²) in [5.74, 6) is -0.185. The first kappa shape index (κ1) is 12.0. The van der Waals surface area contributed by atoms with E-state index in [4.69, 9.17) is 5.73 Å². The van der Waals surface area contributed by atoms with Gasteiger partial charge in [-0.2, -0.15) is 0 Å². The molecule has 0 saturated carbocycles. The Balaban J connectivity index is 2.07. The van der Waals surface area contributed by atoms with Gasteiger partial charge in [0.25, 0.3) is 0 Å². The Morgan fingerprint density at radius 3 is 2.88 bits per heavy atom. The summed E-state index contributed by atoms with van der Waals surface area (Å²) in [6.45, 7) is 0.965. The molecule has 1 atom stereocenters. The predicted octanol–water partition coefficient (Wildman–Crippen LogP) is 1.67. The molecule has 1 aromatic rings. The van der Waals surface area contributed by atoms with Crippen LogP contribution >= 0.6 is 0 Å². The number of amides is 1. The molecular formula is C13H17FN2O. The molecule has 1 heterocycles. The fourth-order valence-corrected chi connectivity index (χ4v) is 2.06. The summed E-state index contributed by atoms with van der Waals surface area (Å²) >= 11 is 0. The van der Waals surface area contributed by atoms with E-state index in [2.05, 4.69) is 0 Å². The molecule has 1 unspecified atom stereocenters. The van der Waals surface area contributed by atoms with E-state index in [1.165, 1.54) is 6.07 Å². The quantitative estimate of drug-likeness (QED) is 0.849. The second-order valence-corrected chi connectivity index (χ2v) is 4.49. The standard InChI is InChI=1S/C13H17FN2O/c14-12-4-2-1-3-10(12)9-16-8-7-11(15)5-6-13(16)17/h1-4,11H,5-9,15H2. The number of carbonyl (C=O) groups excluding carboxylic acids is 1. The van der Waals surface area contributed by atoms with Crippen LogP contribution in [0.15, 0.2) is 24.3 Å². The third-order valence-electron chi connectivity index (χ3n) is 3.17. The molecule has 17 heavy (non-hydrogen) atoms. The molecule has 1 saturated heterocycles. The molecule has 0 spiro atoms. The van der Waals surface area contributed by atoms with Gasteiger partial charge in [0.15, 0.2) is 0 Å². The molecule has 2 N–H and O–H groups in total. The summed E-state index contributed by atoms with van der Waals surface area (Å²) in [5, 5.41) is 0. The van der Waals surface area contributed by atoms with Gasteiger partial charge in [-0.25, -0.2) is 4.39 Å². The van der Waals surface area contributed by atoms with Gasteiger partial charge in [-0.15, -0.1) is 0 Å². The minimum Gasteiger partial charge on any atom is -0.338 e. The zero-order chi connectivity index (χ0) is 12.3. The molecule has 92 valence electrons. The second-order valence-electron chi connectivity index (χ2n) is 4.49. The van der Waals surface area contributed by atoms with Crippen molar-refractivity contribution in [1.82, 2.24) is 4.90 Å². The van der Waals surface area contributed by atoms with Crippen LogP contribution in [0, 0.1) is 5.82 Å². The molecule has 1 fully saturated rings. The zero-order valence-electron chi connectivity index (χ0n) is 9.73. The lowest BCUT2D eigenvalue weighted by atomic mass is 10.1. The van der Waals surface area contributed by atoms with E-state index < -0.39 is 0 Å². The lowest BCUT2D eigenvalue weighted by molar-refractivity contribution is -0.131. The first-order valence-electron chi connectivity index (χ1n) is 5.93. The van der Waals surface area contributed by atoms with Crippen molar-refractivity contribution in [1.29, 1.82) is 0 Å². The Morgan fingerprint density at radius 1 is 1.35 bits per heavy atom. The maximum Gasteiger partial charge on any atom is 0.222 e. The topological polar surface area (TPSA) is 46.3 Å². The largest absolute Gasteiger partial charge is 0.338 e. The number of likely N-dealkylation sites (tertiary alicyclic amines) is 1. The molecule has 0 bridgehead atoms. The minimum absolute atomic E-state index is 0.0706. The van der Waals surface area contributed by atoms with Crippen molar-refractivity contribution in [2.45, 2.75) is 31.8 Å². The van der Waals surface area contributed by atoms with Gasteiger partial charge >= 0.3 is 0 Å². The molecule has 0 radical (unpaired) electrons. The summed E-state index contributed by atoms with van der Waals surface area (Å²) in [6, 6.07) is 6.66. The van der Waals surface area contributed by atoms with Crippen molar-refractivity contribution < 1.29 is 9.18 Å². The number of nitrogens with two attached hydrogens (primary N) is 1. The van der Waals surface area contributed by atoms with Crippen LogP contribution in [0.25, 0.3) is 0 Å². The van der Waals surface area contributed by atoms with Gasteiger partial charge in [-0.3, -0.25) is 4.79 Å². The van der Waals surface area contributed by atoms with E-state index in [-0.39, 0.29) is 17.8 Å². The third-order valence-corrected chi connectivity index (χ3v) is 3.17. The van der Waals surface area contributed by atoms with Crippen LogP contribution in [0.2, 0.25) is 0 Å². The van der Waals surface area contributed by atoms with Gasteiger partial charge in [-0.1, -0.05) is 18.2 Å². The highest BCUT2D eigenvalue weighted by Crippen LogP contribution is 2.15. The molecule has 3 nitrogen and oxygen atoms in total. The average Bonchev–Trinajstić information content (AvgIpc) is 2.47. The summed E-state index contributed by atoms with van der Waals surface area (Å²) in [7, 11) is 0. The lowest BCUT2D eigenvalue weighted by Gasteiger charge is -2.20. The fourth-order valence-electron chi connectivity index (χ4n) is 2.06. The SMILES string of the molecule is NC1CCC(=O)N(Cc2ccccc2F)CC1. The van der Waals surface area contributed by atoms with Gasteiger partial charge in [0.1, 0.15) is 5.82 Å². The van der Waals surface area contributed by atoms with E-state index in [1.54, 1.807) is 23.1 Å². The molecule has 1 aromatic carbocycles. The first-order chi connectivity index (χ1) is 8.16. The monoisotopic (exact) mass is 236 g/mol. The molecule has 2 rings (SSSR count). The maximum absolute atomic E-state index is 13.5. The number of hydrogen-bond acceptors (Lipinski definition) is 2. The highest BCUT2D eigenvalue weighted by atomic mass is 19.1. The Kier molecular flexibility index (Phi) is 3.74. The van der Waals surface area contributed by atoms with Crippen LogP contribution in [0.5, 0.6) is 0 Å². The van der Waals surface area contributed by atoms with Crippen LogP contribution in [-0.4, -0.2) is 23.4 Å². The smallest absolute Gasteiger partial charge is 0.222 e. The summed E-state index contributed by atoms with van der Waals surface area (Å²) < 4.78 is 13.5. The van der Waals surface area contributed by atoms with E-state index in [0.29, 0.717) is 25.1 Å². The van der Waals surface area contributed by atoms with Gasteiger partial charge in [0.05, 0.1) is 0 Å². The average molecular weight is 236 g/mol. The first-order valence-corrected chi connectivity index (χ1v) is 5.93. The number of carbonyl (C=O) groups is 1. The molecule has 4 heteroatoms. The van der Waals surface area contributed by atoms with E-state index in [9.17, 15) is 9.18 Å². The molecular weight excluding hydrogens is 219 g/mol. The van der Waals surface area contributed by atoms with E-state index >= 15 is 0 Å². The molecule has 1 aliphatic rings. The second kappa shape index (κ2) is 5.27.